The minimum absolute atomic E-state index is 0.00934. The highest BCUT2D eigenvalue weighted by Gasteiger charge is 2.47. The van der Waals surface area contributed by atoms with Crippen molar-refractivity contribution in [3.8, 4) is 0 Å². The van der Waals surface area contributed by atoms with Crippen LogP contribution in [0.4, 0.5) is 105 Å². The predicted molar refractivity (Wildman–Crippen MR) is 249 cm³/mol. The summed E-state index contributed by atoms with van der Waals surface area (Å²) in [5.41, 5.74) is -28.6. The fourth-order valence-electron chi connectivity index (χ4n) is 8.95. The van der Waals surface area contributed by atoms with Gasteiger partial charge in [-0.3, -0.25) is 9.59 Å². The summed E-state index contributed by atoms with van der Waals surface area (Å²) in [6, 6.07) is 12.0. The Balaban J connectivity index is 0.000000357. The molecule has 0 saturated carbocycles. The molecule has 0 spiro atoms. The number of carbonyl (C=O) groups is 2. The molecule has 0 aliphatic rings. The third-order valence-corrected chi connectivity index (χ3v) is 12.7. The van der Waals surface area contributed by atoms with Gasteiger partial charge in [0, 0.05) is 28.5 Å². The lowest BCUT2D eigenvalue weighted by Gasteiger charge is -2.46. The van der Waals surface area contributed by atoms with E-state index in [-0.39, 0.29) is 18.1 Å². The average molecular weight is 1200 g/mol. The van der Waals surface area contributed by atoms with Crippen LogP contribution in [0, 0.1) is 5.41 Å². The number of halogens is 24. The standard InChI is InChI=1S/C32H12BF24.C22H22NO2/c34-25(35,36)13-1-14(26(37,38)39)6-21(5-13)33(22-7-15(27(40,41)42)2-16(8-22)28(43,44)45,23-9-17(29(46,47)48)3-18(10-23)30(49,50)51)24-11-19(31(52,53)54)4-20(12-24)32(55,56)57;1-22(2,3)21(25)19-14-13-16-9-7-8-12-18(16)23(19)15-20(24)17-10-5-4-6-11-17/h1-12H;4-14H,15H2,1-3H3/q-1;+1. The number of pyridine rings is 1. The predicted octanol–water partition coefficient (Wildman–Crippen LogP) is 15.5. The van der Waals surface area contributed by atoms with Crippen LogP contribution in [0.5, 0.6) is 0 Å². The number of ketones is 2. The van der Waals surface area contributed by atoms with E-state index in [9.17, 15) is 115 Å². The van der Waals surface area contributed by atoms with Crippen LogP contribution < -0.4 is 26.4 Å². The van der Waals surface area contributed by atoms with Crippen molar-refractivity contribution in [3.05, 3.63) is 195 Å². The number of hydrogen-bond acceptors (Lipinski definition) is 2. The molecule has 0 N–H and O–H groups in total. The minimum Gasteiger partial charge on any atom is -0.287 e. The number of Topliss-reactive ketones (excluding diaryl/α,β-unsaturated/α-hetero) is 2. The van der Waals surface area contributed by atoms with Crippen molar-refractivity contribution in [2.75, 3.05) is 0 Å². The SMILES string of the molecule is CC(C)(C)C(=O)c1ccc2ccccc2[n+]1CC(=O)c1ccccc1.FC(F)(F)c1cc([B-](c2cc(C(F)(F)F)cc(C(F)(F)F)c2)(c2cc(C(F)(F)F)cc(C(F)(F)F)c2)c2cc(C(F)(F)F)cc(C(F)(F)F)c2)cc(C(F)(F)F)c1. The van der Waals surface area contributed by atoms with Crippen LogP contribution in [0.3, 0.4) is 0 Å². The number of alkyl halides is 24. The van der Waals surface area contributed by atoms with Gasteiger partial charge < -0.3 is 0 Å². The van der Waals surface area contributed by atoms with Gasteiger partial charge in [-0.05, 0) is 36.4 Å². The Hall–Kier alpha value is -7.55. The second-order valence-corrected chi connectivity index (χ2v) is 19.5. The fourth-order valence-corrected chi connectivity index (χ4v) is 8.95. The molecule has 1 aromatic heterocycles. The lowest BCUT2D eigenvalue weighted by Crippen LogP contribution is -2.75. The van der Waals surface area contributed by atoms with Gasteiger partial charge in [0.1, 0.15) is 6.15 Å². The molecule has 0 radical (unpaired) electrons. The Kier molecular flexibility index (Phi) is 16.8. The Bertz CT molecular complexity index is 3080. The van der Waals surface area contributed by atoms with Gasteiger partial charge in [-0.2, -0.15) is 132 Å². The van der Waals surface area contributed by atoms with E-state index < -0.39 is 200 Å². The van der Waals surface area contributed by atoms with E-state index in [0.717, 1.165) is 10.9 Å². The van der Waals surface area contributed by atoms with E-state index in [4.69, 9.17) is 0 Å². The molecule has 0 aliphatic heterocycles. The maximum Gasteiger partial charge on any atom is 0.416 e. The Labute approximate surface area is 446 Å². The third-order valence-electron chi connectivity index (χ3n) is 12.7. The summed E-state index contributed by atoms with van der Waals surface area (Å²) in [6.07, 6.45) is -54.8. The van der Waals surface area contributed by atoms with Crippen molar-refractivity contribution < 1.29 is 120 Å². The second kappa shape index (κ2) is 21.7. The molecule has 3 nitrogen and oxygen atoms in total. The van der Waals surface area contributed by atoms with Crippen molar-refractivity contribution >= 4 is 50.5 Å². The fraction of sp³-hybridized carbons (Fsp3) is 0.241. The number of aromatic nitrogens is 1. The topological polar surface area (TPSA) is 38.0 Å². The van der Waals surface area contributed by atoms with Gasteiger partial charge in [0.15, 0.2) is 0 Å². The summed E-state index contributed by atoms with van der Waals surface area (Å²) in [6.45, 7) is 5.83. The van der Waals surface area contributed by atoms with Crippen LogP contribution in [0.15, 0.2) is 140 Å². The monoisotopic (exact) mass is 1200 g/mol. The molecular weight excluding hydrogens is 1160 g/mol. The summed E-state index contributed by atoms with van der Waals surface area (Å²) >= 11 is 0. The molecule has 28 heteroatoms. The van der Waals surface area contributed by atoms with Crippen molar-refractivity contribution in [1.29, 1.82) is 0 Å². The number of fused-ring (bicyclic) bond motifs is 1. The summed E-state index contributed by atoms with van der Waals surface area (Å²) in [5, 5.41) is 1.01. The summed E-state index contributed by atoms with van der Waals surface area (Å²) in [5.74, 6) is 0.0176. The molecule has 7 aromatic rings. The van der Waals surface area contributed by atoms with Crippen molar-refractivity contribution in [3.63, 3.8) is 0 Å². The summed E-state index contributed by atoms with van der Waals surface area (Å²) in [7, 11) is 0. The van der Waals surface area contributed by atoms with E-state index >= 15 is 0 Å². The second-order valence-electron chi connectivity index (χ2n) is 19.5. The van der Waals surface area contributed by atoms with Crippen molar-refractivity contribution in [1.82, 2.24) is 0 Å². The molecule has 0 amide bonds. The van der Waals surface area contributed by atoms with E-state index in [1.54, 1.807) is 12.1 Å². The number of carbonyl (C=O) groups excluding carboxylic acids is 2. The van der Waals surface area contributed by atoms with Crippen LogP contribution in [-0.2, 0) is 56.0 Å². The minimum atomic E-state index is -6.13. The van der Waals surface area contributed by atoms with Gasteiger partial charge in [-0.1, -0.05) is 112 Å². The highest BCUT2D eigenvalue weighted by Crippen LogP contribution is 2.41. The summed E-state index contributed by atoms with van der Waals surface area (Å²) in [4.78, 5) is 25.7. The first-order chi connectivity index (χ1) is 37.1. The third kappa shape index (κ3) is 14.0. The molecule has 0 unspecified atom stereocenters. The molecule has 1 heterocycles. The van der Waals surface area contributed by atoms with Crippen LogP contribution >= 0.6 is 0 Å². The lowest BCUT2D eigenvalue weighted by molar-refractivity contribution is -0.659. The molecule has 0 fully saturated rings. The average Bonchev–Trinajstić information content (AvgIpc) is 1.68. The first kappa shape index (κ1) is 63.6. The van der Waals surface area contributed by atoms with E-state index in [0.29, 0.717) is 11.3 Å². The lowest BCUT2D eigenvalue weighted by atomic mass is 9.12. The zero-order chi connectivity index (χ0) is 61.9. The Morgan fingerprint density at radius 1 is 0.354 bits per heavy atom. The van der Waals surface area contributed by atoms with E-state index in [1.165, 1.54) is 0 Å². The normalized spacial score (nSPS) is 13.5. The molecule has 0 atom stereocenters. The molecule has 0 bridgehead atoms. The van der Waals surface area contributed by atoms with Crippen molar-refractivity contribution in [2.45, 2.75) is 76.7 Å². The molecule has 438 valence electrons. The van der Waals surface area contributed by atoms with Gasteiger partial charge in [-0.15, -0.1) is 0 Å². The highest BCUT2D eigenvalue weighted by molar-refractivity contribution is 7.20. The first-order valence-corrected chi connectivity index (χ1v) is 23.0. The molecule has 0 aliphatic carbocycles. The van der Waals surface area contributed by atoms with Crippen LogP contribution in [0.2, 0.25) is 0 Å². The van der Waals surface area contributed by atoms with Gasteiger partial charge >= 0.3 is 49.4 Å². The van der Waals surface area contributed by atoms with E-state index in [1.807, 2.05) is 79.9 Å². The number of para-hydroxylation sites is 1. The molecule has 7 rings (SSSR count). The number of rotatable bonds is 8. The Morgan fingerprint density at radius 3 is 0.890 bits per heavy atom. The summed E-state index contributed by atoms with van der Waals surface area (Å²) < 4.78 is 343. The van der Waals surface area contributed by atoms with Crippen LogP contribution in [0.1, 0.15) is 86.1 Å². The Morgan fingerprint density at radius 2 is 0.622 bits per heavy atom. The number of nitrogens with zero attached hydrogens (tertiary/aromatic N) is 1. The van der Waals surface area contributed by atoms with Crippen LogP contribution in [0.25, 0.3) is 10.9 Å². The van der Waals surface area contributed by atoms with Gasteiger partial charge in [0.2, 0.25) is 29.3 Å². The molecule has 82 heavy (non-hydrogen) atoms. The van der Waals surface area contributed by atoms with Crippen molar-refractivity contribution in [2.24, 2.45) is 5.41 Å². The zero-order valence-corrected chi connectivity index (χ0v) is 41.4. The smallest absolute Gasteiger partial charge is 0.287 e. The highest BCUT2D eigenvalue weighted by atomic mass is 19.4. The van der Waals surface area contributed by atoms with Gasteiger partial charge in [0.05, 0.1) is 44.5 Å². The maximum atomic E-state index is 14.2. The van der Waals surface area contributed by atoms with E-state index in [2.05, 4.69) is 0 Å². The van der Waals surface area contributed by atoms with Gasteiger partial charge in [-0.25, -0.2) is 0 Å². The maximum absolute atomic E-state index is 14.2. The van der Waals surface area contributed by atoms with Gasteiger partial charge in [0.25, 0.3) is 0 Å². The molecule has 6 aromatic carbocycles. The first-order valence-electron chi connectivity index (χ1n) is 23.0. The molecular formula is C54H34BF24NO2. The zero-order valence-electron chi connectivity index (χ0n) is 41.4. The van der Waals surface area contributed by atoms with Crippen LogP contribution in [-0.4, -0.2) is 17.7 Å². The number of benzene rings is 6. The molecule has 0 saturated heterocycles. The number of hydrogen-bond donors (Lipinski definition) is 0. The quantitative estimate of drug-likeness (QED) is 0.0658. The largest absolute Gasteiger partial charge is 0.416 e.